The van der Waals surface area contributed by atoms with Crippen LogP contribution in [0.4, 0.5) is 0 Å². The summed E-state index contributed by atoms with van der Waals surface area (Å²) in [6, 6.07) is 10.7. The van der Waals surface area contributed by atoms with Crippen molar-refractivity contribution in [2.24, 2.45) is 0 Å². The first-order valence-corrected chi connectivity index (χ1v) is 5.96. The first-order valence-electron chi connectivity index (χ1n) is 5.96. The van der Waals surface area contributed by atoms with E-state index in [-0.39, 0.29) is 5.75 Å². The minimum absolute atomic E-state index is 0.267. The lowest BCUT2D eigenvalue weighted by molar-refractivity contribution is 0.112. The van der Waals surface area contributed by atoms with E-state index in [1.807, 2.05) is 22.7 Å². The number of rotatable bonds is 3. The van der Waals surface area contributed by atoms with Gasteiger partial charge in [0.2, 0.25) is 0 Å². The molecule has 2 heterocycles. The van der Waals surface area contributed by atoms with E-state index in [4.69, 9.17) is 0 Å². The number of carbonyl (C=O) groups is 1. The van der Waals surface area contributed by atoms with Crippen LogP contribution in [0.3, 0.4) is 0 Å². The van der Waals surface area contributed by atoms with E-state index in [1.165, 1.54) is 0 Å². The Labute approximate surface area is 110 Å². The van der Waals surface area contributed by atoms with Crippen molar-refractivity contribution in [3.8, 4) is 5.75 Å². The molecule has 94 valence electrons. The molecule has 0 saturated heterocycles. The summed E-state index contributed by atoms with van der Waals surface area (Å²) in [6.07, 6.45) is 4.90. The van der Waals surface area contributed by atoms with Gasteiger partial charge in [0.05, 0.1) is 11.7 Å². The van der Waals surface area contributed by atoms with E-state index in [9.17, 15) is 9.90 Å². The van der Waals surface area contributed by atoms with Crippen molar-refractivity contribution in [3.63, 3.8) is 0 Å². The van der Waals surface area contributed by atoms with E-state index in [2.05, 4.69) is 4.98 Å². The van der Waals surface area contributed by atoms with Crippen LogP contribution in [0.2, 0.25) is 0 Å². The van der Waals surface area contributed by atoms with Crippen molar-refractivity contribution in [2.45, 2.75) is 6.42 Å². The number of phenols is 1. The van der Waals surface area contributed by atoms with Gasteiger partial charge in [0.25, 0.3) is 0 Å². The van der Waals surface area contributed by atoms with Gasteiger partial charge >= 0.3 is 0 Å². The van der Waals surface area contributed by atoms with Crippen molar-refractivity contribution >= 4 is 11.8 Å². The van der Waals surface area contributed by atoms with E-state index in [0.29, 0.717) is 12.0 Å². The smallest absolute Gasteiger partial charge is 0.150 e. The van der Waals surface area contributed by atoms with Gasteiger partial charge in [-0.15, -0.1) is 0 Å². The number of carbonyl (C=O) groups excluding carboxylic acids is 1. The van der Waals surface area contributed by atoms with Crippen LogP contribution in [0.1, 0.15) is 21.7 Å². The maximum atomic E-state index is 10.7. The van der Waals surface area contributed by atoms with Gasteiger partial charge in [-0.3, -0.25) is 4.79 Å². The molecule has 0 unspecified atom stereocenters. The number of fused-ring (bicyclic) bond motifs is 1. The van der Waals surface area contributed by atoms with Crippen LogP contribution in [-0.2, 0) is 6.42 Å². The summed E-state index contributed by atoms with van der Waals surface area (Å²) in [5, 5.41) is 9.78. The molecule has 0 saturated carbocycles. The Morgan fingerprint density at radius 1 is 1.26 bits per heavy atom. The van der Waals surface area contributed by atoms with Crippen LogP contribution in [0, 0.1) is 0 Å². The summed E-state index contributed by atoms with van der Waals surface area (Å²) in [6.45, 7) is 0. The van der Waals surface area contributed by atoms with E-state index in [1.54, 1.807) is 30.5 Å². The average Bonchev–Trinajstić information content (AvgIpc) is 2.83. The second kappa shape index (κ2) is 4.57. The topological polar surface area (TPSA) is 54.6 Å². The molecule has 3 rings (SSSR count). The Morgan fingerprint density at radius 2 is 2.11 bits per heavy atom. The third-order valence-corrected chi connectivity index (χ3v) is 3.11. The van der Waals surface area contributed by atoms with Crippen LogP contribution >= 0.6 is 0 Å². The van der Waals surface area contributed by atoms with Crippen LogP contribution in [0.15, 0.2) is 48.8 Å². The number of hydrogen-bond acceptors (Lipinski definition) is 3. The van der Waals surface area contributed by atoms with Crippen molar-refractivity contribution in [2.75, 3.05) is 0 Å². The maximum Gasteiger partial charge on any atom is 0.150 e. The van der Waals surface area contributed by atoms with Crippen LogP contribution in [0.25, 0.3) is 5.52 Å². The highest BCUT2D eigenvalue weighted by atomic mass is 16.3. The Kier molecular flexibility index (Phi) is 2.76. The van der Waals surface area contributed by atoms with Crippen LogP contribution in [-0.4, -0.2) is 20.8 Å². The Balaban J connectivity index is 2.02. The summed E-state index contributed by atoms with van der Waals surface area (Å²) in [4.78, 5) is 15.1. The predicted molar refractivity (Wildman–Crippen MR) is 71.5 cm³/mol. The highest BCUT2D eigenvalue weighted by molar-refractivity contribution is 5.77. The molecule has 4 nitrogen and oxygen atoms in total. The minimum atomic E-state index is 0.267. The van der Waals surface area contributed by atoms with Crippen LogP contribution in [0.5, 0.6) is 5.75 Å². The largest absolute Gasteiger partial charge is 0.508 e. The summed E-state index contributed by atoms with van der Waals surface area (Å²) in [7, 11) is 0. The number of benzene rings is 1. The first kappa shape index (κ1) is 11.5. The molecule has 1 aromatic carbocycles. The number of aromatic nitrogens is 2. The van der Waals surface area contributed by atoms with E-state index in [0.717, 1.165) is 23.2 Å². The SMILES string of the molecule is O=Cc1ccn2c(Cc3ccccc3O)ncc2c1. The molecule has 2 aromatic heterocycles. The molecule has 0 aliphatic rings. The second-order valence-corrected chi connectivity index (χ2v) is 4.35. The molecule has 0 radical (unpaired) electrons. The monoisotopic (exact) mass is 252 g/mol. The van der Waals surface area contributed by atoms with Crippen LogP contribution < -0.4 is 0 Å². The van der Waals surface area contributed by atoms with Gasteiger partial charge in [0.15, 0.2) is 0 Å². The summed E-state index contributed by atoms with van der Waals surface area (Å²) < 4.78 is 1.92. The molecule has 0 bridgehead atoms. The van der Waals surface area contributed by atoms with Gasteiger partial charge in [-0.1, -0.05) is 18.2 Å². The normalized spacial score (nSPS) is 10.7. The van der Waals surface area contributed by atoms with E-state index < -0.39 is 0 Å². The summed E-state index contributed by atoms with van der Waals surface area (Å²) in [5.74, 6) is 1.10. The van der Waals surface area contributed by atoms with Crippen molar-refractivity contribution < 1.29 is 9.90 Å². The molecule has 0 fully saturated rings. The molecule has 0 aliphatic carbocycles. The third-order valence-electron chi connectivity index (χ3n) is 3.11. The molecule has 0 aliphatic heterocycles. The zero-order valence-electron chi connectivity index (χ0n) is 10.2. The third kappa shape index (κ3) is 2.08. The lowest BCUT2D eigenvalue weighted by atomic mass is 10.1. The van der Waals surface area contributed by atoms with Crippen molar-refractivity contribution in [1.29, 1.82) is 0 Å². The number of imidazole rings is 1. The van der Waals surface area contributed by atoms with E-state index >= 15 is 0 Å². The Bertz CT molecular complexity index is 747. The van der Waals surface area contributed by atoms with Gasteiger partial charge < -0.3 is 9.51 Å². The fraction of sp³-hybridized carbons (Fsp3) is 0.0667. The molecule has 1 N–H and O–H groups in total. The second-order valence-electron chi connectivity index (χ2n) is 4.35. The lowest BCUT2D eigenvalue weighted by Gasteiger charge is -2.04. The van der Waals surface area contributed by atoms with Gasteiger partial charge in [-0.05, 0) is 18.2 Å². The fourth-order valence-electron chi connectivity index (χ4n) is 2.11. The zero-order chi connectivity index (χ0) is 13.2. The number of pyridine rings is 1. The highest BCUT2D eigenvalue weighted by Crippen LogP contribution is 2.20. The standard InChI is InChI=1S/C15H12N2O2/c18-10-11-5-6-17-13(7-11)9-16-15(17)8-12-3-1-2-4-14(12)19/h1-7,9-10,19H,8H2. The molecular weight excluding hydrogens is 240 g/mol. The molecule has 19 heavy (non-hydrogen) atoms. The van der Waals surface area contributed by atoms with Gasteiger partial charge in [0, 0.05) is 23.7 Å². The Morgan fingerprint density at radius 3 is 2.89 bits per heavy atom. The van der Waals surface area contributed by atoms with Gasteiger partial charge in [-0.2, -0.15) is 0 Å². The predicted octanol–water partition coefficient (Wildman–Crippen LogP) is 2.44. The minimum Gasteiger partial charge on any atom is -0.508 e. The molecule has 0 atom stereocenters. The maximum absolute atomic E-state index is 10.7. The molecule has 0 spiro atoms. The van der Waals surface area contributed by atoms with Gasteiger partial charge in [0.1, 0.15) is 17.9 Å². The molecule has 4 heteroatoms. The number of phenolic OH excluding ortho intramolecular Hbond substituents is 1. The number of para-hydroxylation sites is 1. The number of nitrogens with zero attached hydrogens (tertiary/aromatic N) is 2. The number of aldehydes is 1. The summed E-state index contributed by atoms with van der Waals surface area (Å²) >= 11 is 0. The number of hydrogen-bond donors (Lipinski definition) is 1. The van der Waals surface area contributed by atoms with Gasteiger partial charge in [-0.25, -0.2) is 4.98 Å². The molecule has 3 aromatic rings. The average molecular weight is 252 g/mol. The molecular formula is C15H12N2O2. The summed E-state index contributed by atoms with van der Waals surface area (Å²) in [5.41, 5.74) is 2.32. The van der Waals surface area contributed by atoms with Crippen molar-refractivity contribution in [3.05, 3.63) is 65.7 Å². The fourth-order valence-corrected chi connectivity index (χ4v) is 2.11. The lowest BCUT2D eigenvalue weighted by Crippen LogP contribution is -1.97. The highest BCUT2D eigenvalue weighted by Gasteiger charge is 2.07. The number of aromatic hydroxyl groups is 1. The first-order chi connectivity index (χ1) is 9.28. The quantitative estimate of drug-likeness (QED) is 0.728. The zero-order valence-corrected chi connectivity index (χ0v) is 10.2. The van der Waals surface area contributed by atoms with Crippen molar-refractivity contribution in [1.82, 2.24) is 9.38 Å². The molecule has 0 amide bonds. The Hall–Kier alpha value is -2.62.